The third kappa shape index (κ3) is 4.85. The summed E-state index contributed by atoms with van der Waals surface area (Å²) in [6.45, 7) is 18.6. The second-order valence-corrected chi connectivity index (χ2v) is 12.3. The Morgan fingerprint density at radius 3 is 1.80 bits per heavy atom. The highest BCUT2D eigenvalue weighted by Crippen LogP contribution is 2.42. The minimum Gasteiger partial charge on any atom is -0.415 e. The van der Waals surface area contributed by atoms with Gasteiger partial charge in [0.25, 0.3) is 0 Å². The summed E-state index contributed by atoms with van der Waals surface area (Å²) in [5, 5.41) is 0. The van der Waals surface area contributed by atoms with Crippen molar-refractivity contribution in [2.45, 2.75) is 78.4 Å². The second kappa shape index (κ2) is 8.78. The van der Waals surface area contributed by atoms with E-state index in [2.05, 4.69) is 54.5 Å². The number of rotatable bonds is 9. The highest BCUT2D eigenvalue weighted by atomic mass is 28.4. The molecule has 1 atom stereocenters. The Balaban J connectivity index is 5.05. The van der Waals surface area contributed by atoms with Gasteiger partial charge >= 0.3 is 0 Å². The van der Waals surface area contributed by atoms with Gasteiger partial charge < -0.3 is 4.43 Å². The highest BCUT2D eigenvalue weighted by Gasteiger charge is 2.45. The lowest BCUT2D eigenvalue weighted by molar-refractivity contribution is -0.104. The monoisotopic (exact) mass is 298 g/mol. The van der Waals surface area contributed by atoms with E-state index in [1.807, 2.05) is 6.92 Å². The molecule has 0 N–H and O–H groups in total. The summed E-state index contributed by atoms with van der Waals surface area (Å²) in [7, 11) is -1.79. The van der Waals surface area contributed by atoms with Gasteiger partial charge in [-0.1, -0.05) is 54.5 Å². The van der Waals surface area contributed by atoms with Crippen LogP contribution in [0.4, 0.5) is 0 Å². The van der Waals surface area contributed by atoms with Gasteiger partial charge in [0.2, 0.25) is 0 Å². The third-order valence-corrected chi connectivity index (χ3v) is 10.5. The molecule has 0 amide bonds. The van der Waals surface area contributed by atoms with Gasteiger partial charge in [-0.25, -0.2) is 0 Å². The number of carbonyl (C=O) groups excluding carboxylic acids is 1. The molecule has 3 heteroatoms. The number of hydrogen-bond donors (Lipinski definition) is 0. The van der Waals surface area contributed by atoms with E-state index in [0.717, 1.165) is 24.9 Å². The Bertz CT molecular complexity index is 297. The normalized spacial score (nSPS) is 15.2. The van der Waals surface area contributed by atoms with Gasteiger partial charge in [0.1, 0.15) is 6.29 Å². The molecule has 0 unspecified atom stereocenters. The van der Waals surface area contributed by atoms with Crippen LogP contribution in [-0.2, 0) is 9.22 Å². The van der Waals surface area contributed by atoms with Crippen LogP contribution in [0, 0.1) is 5.92 Å². The van der Waals surface area contributed by atoms with Crippen LogP contribution in [0.5, 0.6) is 0 Å². The second-order valence-electron chi connectivity index (χ2n) is 6.83. The molecule has 0 rings (SSSR count). The molecule has 0 aliphatic carbocycles. The van der Waals surface area contributed by atoms with Crippen LogP contribution < -0.4 is 0 Å². The van der Waals surface area contributed by atoms with E-state index in [0.29, 0.717) is 22.5 Å². The molecule has 2 nitrogen and oxygen atoms in total. The predicted molar refractivity (Wildman–Crippen MR) is 90.6 cm³/mol. The van der Waals surface area contributed by atoms with Crippen molar-refractivity contribution in [1.29, 1.82) is 0 Å². The van der Waals surface area contributed by atoms with E-state index in [9.17, 15) is 4.79 Å². The molecular weight excluding hydrogens is 264 g/mol. The zero-order chi connectivity index (χ0) is 15.9. The van der Waals surface area contributed by atoms with Gasteiger partial charge in [-0.2, -0.15) is 0 Å². The average Bonchev–Trinajstić information content (AvgIpc) is 2.36. The molecule has 20 heavy (non-hydrogen) atoms. The fourth-order valence-corrected chi connectivity index (χ4v) is 8.95. The van der Waals surface area contributed by atoms with Crippen LogP contribution in [0.25, 0.3) is 0 Å². The summed E-state index contributed by atoms with van der Waals surface area (Å²) in [4.78, 5) is 10.8. The van der Waals surface area contributed by atoms with Gasteiger partial charge in [0, 0.05) is 6.61 Å². The first-order valence-corrected chi connectivity index (χ1v) is 10.1. The largest absolute Gasteiger partial charge is 0.415 e. The molecular formula is C17H34O2Si. The molecule has 0 heterocycles. The van der Waals surface area contributed by atoms with Crippen LogP contribution >= 0.6 is 0 Å². The van der Waals surface area contributed by atoms with E-state index < -0.39 is 8.32 Å². The van der Waals surface area contributed by atoms with Crippen molar-refractivity contribution < 1.29 is 9.22 Å². The first-order chi connectivity index (χ1) is 9.22. The summed E-state index contributed by atoms with van der Waals surface area (Å²) in [6, 6.07) is 0. The third-order valence-electron chi connectivity index (χ3n) is 4.46. The van der Waals surface area contributed by atoms with E-state index >= 15 is 0 Å². The lowest BCUT2D eigenvalue weighted by atomic mass is 10.1. The maximum atomic E-state index is 10.8. The average molecular weight is 299 g/mol. The minimum atomic E-state index is -1.79. The van der Waals surface area contributed by atoms with Gasteiger partial charge in [0.05, 0.1) is 0 Å². The lowest BCUT2D eigenvalue weighted by Crippen LogP contribution is -2.48. The van der Waals surface area contributed by atoms with Crippen LogP contribution in [0.15, 0.2) is 11.6 Å². The summed E-state index contributed by atoms with van der Waals surface area (Å²) in [5.74, 6) is 0.350. The molecule has 0 aliphatic rings. The van der Waals surface area contributed by atoms with Crippen molar-refractivity contribution in [2.24, 2.45) is 5.92 Å². The predicted octanol–water partition coefficient (Wildman–Crippen LogP) is 5.35. The number of allylic oxidation sites excluding steroid dienone is 1. The SMILES string of the molecule is CC[C@H](/C=C(/C)C=O)CO[Si](C(C)C)(C(C)C)C(C)C. The fourth-order valence-electron chi connectivity index (χ4n) is 3.45. The van der Waals surface area contributed by atoms with Crippen LogP contribution in [0.2, 0.25) is 16.6 Å². The quantitative estimate of drug-likeness (QED) is 0.326. The Labute approximate surface area is 127 Å². The summed E-state index contributed by atoms with van der Waals surface area (Å²) >= 11 is 0. The first-order valence-electron chi connectivity index (χ1n) is 7.99. The van der Waals surface area contributed by atoms with Crippen molar-refractivity contribution >= 4 is 14.6 Å². The van der Waals surface area contributed by atoms with E-state index in [1.165, 1.54) is 0 Å². The molecule has 0 spiro atoms. The molecule has 0 radical (unpaired) electrons. The van der Waals surface area contributed by atoms with Crippen molar-refractivity contribution in [3.63, 3.8) is 0 Å². The maximum Gasteiger partial charge on any atom is 0.200 e. The highest BCUT2D eigenvalue weighted by molar-refractivity contribution is 6.77. The van der Waals surface area contributed by atoms with Crippen molar-refractivity contribution in [3.05, 3.63) is 11.6 Å². The van der Waals surface area contributed by atoms with Crippen LogP contribution in [0.1, 0.15) is 61.8 Å². The smallest absolute Gasteiger partial charge is 0.200 e. The minimum absolute atomic E-state index is 0.350. The van der Waals surface area contributed by atoms with Crippen molar-refractivity contribution in [3.8, 4) is 0 Å². The van der Waals surface area contributed by atoms with Gasteiger partial charge in [0.15, 0.2) is 8.32 Å². The fraction of sp³-hybridized carbons (Fsp3) is 0.824. The van der Waals surface area contributed by atoms with Crippen molar-refractivity contribution in [1.82, 2.24) is 0 Å². The molecule has 0 aromatic rings. The molecule has 0 bridgehead atoms. The number of carbonyl (C=O) groups is 1. The summed E-state index contributed by atoms with van der Waals surface area (Å²) in [6.07, 6.45) is 4.01. The molecule has 0 saturated heterocycles. The van der Waals surface area contributed by atoms with E-state index in [1.54, 1.807) is 0 Å². The Morgan fingerprint density at radius 1 is 1.05 bits per heavy atom. The van der Waals surface area contributed by atoms with Gasteiger partial charge in [-0.3, -0.25) is 4.79 Å². The summed E-state index contributed by atoms with van der Waals surface area (Å²) in [5.41, 5.74) is 2.63. The number of aldehydes is 1. The lowest BCUT2D eigenvalue weighted by Gasteiger charge is -2.42. The Hall–Kier alpha value is -0.413. The first kappa shape index (κ1) is 19.6. The molecule has 0 aromatic heterocycles. The summed E-state index contributed by atoms with van der Waals surface area (Å²) < 4.78 is 6.59. The van der Waals surface area contributed by atoms with Crippen molar-refractivity contribution in [2.75, 3.05) is 6.61 Å². The molecule has 0 fully saturated rings. The molecule has 0 aromatic carbocycles. The van der Waals surface area contributed by atoms with E-state index in [4.69, 9.17) is 4.43 Å². The molecule has 118 valence electrons. The molecule has 0 saturated carbocycles. The zero-order valence-electron chi connectivity index (χ0n) is 14.7. The van der Waals surface area contributed by atoms with Crippen LogP contribution in [0.3, 0.4) is 0 Å². The Morgan fingerprint density at radius 2 is 1.50 bits per heavy atom. The van der Waals surface area contributed by atoms with Gasteiger partial charge in [-0.05, 0) is 41.5 Å². The van der Waals surface area contributed by atoms with E-state index in [-0.39, 0.29) is 0 Å². The van der Waals surface area contributed by atoms with Crippen LogP contribution in [-0.4, -0.2) is 21.2 Å². The maximum absolute atomic E-state index is 10.8. The topological polar surface area (TPSA) is 26.3 Å². The number of hydrogen-bond acceptors (Lipinski definition) is 2. The zero-order valence-corrected chi connectivity index (χ0v) is 15.7. The Kier molecular flexibility index (Phi) is 8.60. The standard InChI is InChI=1S/C17H34O2Si/c1-9-17(10-16(8)11-18)12-19-20(13(2)3,14(4)5)15(6)7/h10-11,13-15,17H,9,12H2,1-8H3/b16-10-/t17-/m1/s1. The van der Waals surface area contributed by atoms with Gasteiger partial charge in [-0.15, -0.1) is 0 Å². The molecule has 0 aliphatic heterocycles.